The van der Waals surface area contributed by atoms with Crippen LogP contribution in [0.2, 0.25) is 0 Å². The molecule has 31 heavy (non-hydrogen) atoms. The average Bonchev–Trinajstić information content (AvgIpc) is 3.48. The number of amides is 1. The Morgan fingerprint density at radius 3 is 2.90 bits per heavy atom. The van der Waals surface area contributed by atoms with Crippen LogP contribution in [0.15, 0.2) is 52.5 Å². The van der Waals surface area contributed by atoms with E-state index < -0.39 is 0 Å². The van der Waals surface area contributed by atoms with Gasteiger partial charge >= 0.3 is 0 Å². The molecule has 0 radical (unpaired) electrons. The first-order valence-corrected chi connectivity index (χ1v) is 11.3. The molecule has 164 valence electrons. The summed E-state index contributed by atoms with van der Waals surface area (Å²) in [4.78, 5) is 21.8. The molecule has 3 aromatic rings. The van der Waals surface area contributed by atoms with Crippen LogP contribution in [0.4, 0.5) is 0 Å². The summed E-state index contributed by atoms with van der Waals surface area (Å²) in [6.45, 7) is 7.54. The molecule has 0 spiro atoms. The van der Waals surface area contributed by atoms with Gasteiger partial charge in [0.15, 0.2) is 5.76 Å². The number of thiazole rings is 1. The number of furan rings is 1. The molecule has 0 saturated carbocycles. The molecular formula is C23H27N3O4S. The third-order valence-corrected chi connectivity index (χ3v) is 5.98. The van der Waals surface area contributed by atoms with E-state index in [0.717, 1.165) is 54.9 Å². The highest BCUT2D eigenvalue weighted by atomic mass is 32.1. The van der Waals surface area contributed by atoms with E-state index in [0.29, 0.717) is 25.5 Å². The molecule has 0 atom stereocenters. The molecule has 0 N–H and O–H groups in total. The summed E-state index contributed by atoms with van der Waals surface area (Å²) in [6, 6.07) is 11.4. The molecule has 1 aliphatic heterocycles. The number of benzene rings is 1. The van der Waals surface area contributed by atoms with Crippen molar-refractivity contribution in [1.29, 1.82) is 0 Å². The lowest BCUT2D eigenvalue weighted by molar-refractivity contribution is 0.0315. The first-order chi connectivity index (χ1) is 15.2. The second-order valence-electron chi connectivity index (χ2n) is 7.50. The molecule has 1 amide bonds. The number of carbonyl (C=O) groups excluding carboxylic acids is 1. The van der Waals surface area contributed by atoms with E-state index in [9.17, 15) is 4.79 Å². The van der Waals surface area contributed by atoms with Crippen molar-refractivity contribution in [3.05, 3.63) is 70.1 Å². The summed E-state index contributed by atoms with van der Waals surface area (Å²) in [6.07, 6.45) is 1.52. The van der Waals surface area contributed by atoms with Crippen LogP contribution in [-0.2, 0) is 17.9 Å². The Morgan fingerprint density at radius 1 is 1.26 bits per heavy atom. The van der Waals surface area contributed by atoms with Gasteiger partial charge in [0.05, 0.1) is 31.7 Å². The van der Waals surface area contributed by atoms with Crippen LogP contribution in [-0.4, -0.2) is 60.1 Å². The minimum Gasteiger partial charge on any atom is -0.486 e. The highest BCUT2D eigenvalue weighted by molar-refractivity contribution is 7.09. The molecule has 8 heteroatoms. The standard InChI is InChI=1S/C23H27N3O4S/c1-18-4-2-5-20(14-18)30-16-22-24-19(17-31-22)15-26(23(27)21-6-3-11-29-21)8-7-25-9-12-28-13-10-25/h2-6,11,14,17H,7-10,12-13,15-16H2,1H3. The topological polar surface area (TPSA) is 68.0 Å². The molecule has 7 nitrogen and oxygen atoms in total. The number of rotatable bonds is 9. The van der Waals surface area contributed by atoms with Crippen LogP contribution in [0.25, 0.3) is 0 Å². The fourth-order valence-corrected chi connectivity index (χ4v) is 4.13. The number of morpholine rings is 1. The Morgan fingerprint density at radius 2 is 2.13 bits per heavy atom. The van der Waals surface area contributed by atoms with E-state index >= 15 is 0 Å². The highest BCUT2D eigenvalue weighted by Crippen LogP contribution is 2.18. The van der Waals surface area contributed by atoms with Crippen LogP contribution in [0.3, 0.4) is 0 Å². The summed E-state index contributed by atoms with van der Waals surface area (Å²) in [7, 11) is 0. The summed E-state index contributed by atoms with van der Waals surface area (Å²) < 4.78 is 16.6. The van der Waals surface area contributed by atoms with Gasteiger partial charge in [-0.05, 0) is 36.8 Å². The number of ether oxygens (including phenoxy) is 2. The zero-order chi connectivity index (χ0) is 21.5. The van der Waals surface area contributed by atoms with Crippen molar-refractivity contribution in [2.75, 3.05) is 39.4 Å². The molecule has 0 aliphatic carbocycles. The minimum absolute atomic E-state index is 0.121. The van der Waals surface area contributed by atoms with Gasteiger partial charge in [0, 0.05) is 31.6 Å². The van der Waals surface area contributed by atoms with E-state index in [1.165, 1.54) is 6.26 Å². The number of hydrogen-bond acceptors (Lipinski definition) is 7. The highest BCUT2D eigenvalue weighted by Gasteiger charge is 2.21. The van der Waals surface area contributed by atoms with Crippen molar-refractivity contribution in [3.8, 4) is 5.75 Å². The Kier molecular flexibility index (Phi) is 7.35. The molecule has 1 aromatic carbocycles. The van der Waals surface area contributed by atoms with Gasteiger partial charge in [0.1, 0.15) is 17.4 Å². The second kappa shape index (κ2) is 10.6. The lowest BCUT2D eigenvalue weighted by Gasteiger charge is -2.29. The Bertz CT molecular complexity index is 967. The van der Waals surface area contributed by atoms with Gasteiger partial charge in [-0.1, -0.05) is 12.1 Å². The largest absolute Gasteiger partial charge is 0.486 e. The predicted octanol–water partition coefficient (Wildman–Crippen LogP) is 3.60. The zero-order valence-electron chi connectivity index (χ0n) is 17.7. The van der Waals surface area contributed by atoms with Gasteiger partial charge in [-0.3, -0.25) is 9.69 Å². The molecule has 1 saturated heterocycles. The number of hydrogen-bond donors (Lipinski definition) is 0. The molecule has 1 aliphatic rings. The van der Waals surface area contributed by atoms with Crippen molar-refractivity contribution >= 4 is 17.2 Å². The maximum absolute atomic E-state index is 13.0. The van der Waals surface area contributed by atoms with E-state index in [1.54, 1.807) is 28.4 Å². The molecule has 3 heterocycles. The first-order valence-electron chi connectivity index (χ1n) is 10.4. The van der Waals surface area contributed by atoms with Crippen LogP contribution >= 0.6 is 11.3 Å². The van der Waals surface area contributed by atoms with Crippen molar-refractivity contribution in [2.45, 2.75) is 20.1 Å². The predicted molar refractivity (Wildman–Crippen MR) is 118 cm³/mol. The molecule has 0 bridgehead atoms. The van der Waals surface area contributed by atoms with Gasteiger partial charge < -0.3 is 18.8 Å². The third-order valence-electron chi connectivity index (χ3n) is 5.11. The number of aryl methyl sites for hydroxylation is 1. The van der Waals surface area contributed by atoms with Crippen LogP contribution in [0.5, 0.6) is 5.75 Å². The SMILES string of the molecule is Cc1cccc(OCc2nc(CN(CCN3CCOCC3)C(=O)c3ccco3)cs2)c1. The average molecular weight is 442 g/mol. The molecule has 4 rings (SSSR count). The van der Waals surface area contributed by atoms with E-state index in [4.69, 9.17) is 13.9 Å². The van der Waals surface area contributed by atoms with E-state index in [1.807, 2.05) is 36.6 Å². The summed E-state index contributed by atoms with van der Waals surface area (Å²) in [5, 5.41) is 2.88. The Labute approximate surface area is 186 Å². The number of aromatic nitrogens is 1. The fourth-order valence-electron chi connectivity index (χ4n) is 3.43. The lowest BCUT2D eigenvalue weighted by atomic mass is 10.2. The molecular weight excluding hydrogens is 414 g/mol. The zero-order valence-corrected chi connectivity index (χ0v) is 18.5. The summed E-state index contributed by atoms with van der Waals surface area (Å²) in [5.74, 6) is 1.06. The van der Waals surface area contributed by atoms with Gasteiger partial charge in [0.2, 0.25) is 0 Å². The minimum atomic E-state index is -0.121. The third kappa shape index (κ3) is 6.16. The van der Waals surface area contributed by atoms with Crippen molar-refractivity contribution in [3.63, 3.8) is 0 Å². The smallest absolute Gasteiger partial charge is 0.289 e. The quantitative estimate of drug-likeness (QED) is 0.505. The molecule has 1 fully saturated rings. The fraction of sp³-hybridized carbons (Fsp3) is 0.391. The van der Waals surface area contributed by atoms with Crippen molar-refractivity contribution < 1.29 is 18.7 Å². The Hall–Kier alpha value is -2.68. The maximum Gasteiger partial charge on any atom is 0.289 e. The van der Waals surface area contributed by atoms with Crippen molar-refractivity contribution in [1.82, 2.24) is 14.8 Å². The van der Waals surface area contributed by atoms with Gasteiger partial charge in [-0.15, -0.1) is 11.3 Å². The maximum atomic E-state index is 13.0. The summed E-state index contributed by atoms with van der Waals surface area (Å²) in [5.41, 5.74) is 2.01. The lowest BCUT2D eigenvalue weighted by Crippen LogP contribution is -2.42. The second-order valence-corrected chi connectivity index (χ2v) is 8.44. The normalized spacial score (nSPS) is 14.5. The number of nitrogens with zero attached hydrogens (tertiary/aromatic N) is 3. The monoisotopic (exact) mass is 441 g/mol. The van der Waals surface area contributed by atoms with E-state index in [2.05, 4.69) is 9.88 Å². The van der Waals surface area contributed by atoms with Crippen LogP contribution in [0.1, 0.15) is 26.8 Å². The first kappa shape index (κ1) is 21.5. The van der Waals surface area contributed by atoms with Gasteiger partial charge in [-0.25, -0.2) is 4.98 Å². The van der Waals surface area contributed by atoms with Crippen LogP contribution < -0.4 is 4.74 Å². The van der Waals surface area contributed by atoms with Gasteiger partial charge in [-0.2, -0.15) is 0 Å². The van der Waals surface area contributed by atoms with E-state index in [-0.39, 0.29) is 5.91 Å². The molecule has 0 unspecified atom stereocenters. The van der Waals surface area contributed by atoms with Crippen LogP contribution in [0, 0.1) is 6.92 Å². The van der Waals surface area contributed by atoms with Crippen molar-refractivity contribution in [2.24, 2.45) is 0 Å². The Balaban J connectivity index is 1.38. The molecule has 2 aromatic heterocycles. The summed E-state index contributed by atoms with van der Waals surface area (Å²) >= 11 is 1.55. The van der Waals surface area contributed by atoms with Gasteiger partial charge in [0.25, 0.3) is 5.91 Å². The number of carbonyl (C=O) groups is 1.